The van der Waals surface area contributed by atoms with E-state index >= 15 is 0 Å². The standard InChI is InChI=1S/C20H22N2O3S2/c1-2-21-15-5-3-4-13(15)14-10-12(6-7-16(14)21)11-17-19(25)22(20(26)27-17)9-8-18(23)24/h6-7,10-11,13,15H,2-5,8-9H2,1H3,(H,23,24)/b17-11-. The number of nitrogens with zero attached hydrogens (tertiary/aromatic N) is 2. The first-order valence-corrected chi connectivity index (χ1v) is 10.6. The number of hydrogen-bond acceptors (Lipinski definition) is 5. The smallest absolute Gasteiger partial charge is 0.305 e. The molecule has 1 saturated heterocycles. The van der Waals surface area contributed by atoms with Gasteiger partial charge in [-0.2, -0.15) is 0 Å². The molecule has 1 saturated carbocycles. The molecule has 3 aliphatic rings. The van der Waals surface area contributed by atoms with Crippen LogP contribution in [-0.2, 0) is 9.59 Å². The predicted octanol–water partition coefficient (Wildman–Crippen LogP) is 3.84. The Morgan fingerprint density at radius 1 is 1.41 bits per heavy atom. The third-order valence-corrected chi connectivity index (χ3v) is 7.08. The molecule has 0 spiro atoms. The zero-order chi connectivity index (χ0) is 19.1. The zero-order valence-electron chi connectivity index (χ0n) is 15.2. The van der Waals surface area contributed by atoms with Crippen LogP contribution >= 0.6 is 24.0 Å². The quantitative estimate of drug-likeness (QED) is 0.596. The number of thioether (sulfide) groups is 1. The van der Waals surface area contributed by atoms with E-state index in [1.807, 2.05) is 6.08 Å². The van der Waals surface area contributed by atoms with Crippen molar-refractivity contribution in [2.75, 3.05) is 18.0 Å². The number of anilines is 1. The monoisotopic (exact) mass is 402 g/mol. The Hall–Kier alpha value is -1.86. The Bertz CT molecular complexity index is 852. The van der Waals surface area contributed by atoms with Gasteiger partial charge in [-0.05, 0) is 49.1 Å². The summed E-state index contributed by atoms with van der Waals surface area (Å²) in [6.45, 7) is 3.35. The van der Waals surface area contributed by atoms with Crippen molar-refractivity contribution in [1.82, 2.24) is 4.90 Å². The Morgan fingerprint density at radius 3 is 2.96 bits per heavy atom. The minimum Gasteiger partial charge on any atom is -0.481 e. The number of carbonyl (C=O) groups excluding carboxylic acids is 1. The van der Waals surface area contributed by atoms with E-state index in [9.17, 15) is 9.59 Å². The van der Waals surface area contributed by atoms with Gasteiger partial charge in [-0.3, -0.25) is 14.5 Å². The van der Waals surface area contributed by atoms with Crippen LogP contribution in [0, 0.1) is 0 Å². The Labute approximate surface area is 168 Å². The number of aliphatic carboxylic acids is 1. The molecule has 142 valence electrons. The number of amides is 1. The summed E-state index contributed by atoms with van der Waals surface area (Å²) in [6, 6.07) is 7.08. The highest BCUT2D eigenvalue weighted by Crippen LogP contribution is 2.49. The third kappa shape index (κ3) is 3.27. The van der Waals surface area contributed by atoms with Crippen LogP contribution in [0.25, 0.3) is 6.08 Å². The van der Waals surface area contributed by atoms with Gasteiger partial charge in [0.1, 0.15) is 4.32 Å². The van der Waals surface area contributed by atoms with Gasteiger partial charge in [-0.25, -0.2) is 0 Å². The van der Waals surface area contributed by atoms with Crippen molar-refractivity contribution in [3.63, 3.8) is 0 Å². The molecule has 0 aromatic heterocycles. The maximum absolute atomic E-state index is 12.6. The number of carbonyl (C=O) groups is 2. The third-order valence-electron chi connectivity index (χ3n) is 5.70. The Kier molecular flexibility index (Phi) is 4.99. The molecule has 2 unspecified atom stereocenters. The summed E-state index contributed by atoms with van der Waals surface area (Å²) in [6.07, 6.45) is 5.55. The molecule has 1 aromatic rings. The predicted molar refractivity (Wildman–Crippen MR) is 112 cm³/mol. The number of thiocarbonyl (C=S) groups is 1. The lowest BCUT2D eigenvalue weighted by atomic mass is 9.96. The fourth-order valence-electron chi connectivity index (χ4n) is 4.53. The highest BCUT2D eigenvalue weighted by atomic mass is 32.2. The van der Waals surface area contributed by atoms with Crippen LogP contribution in [0.15, 0.2) is 23.1 Å². The average molecular weight is 403 g/mol. The number of hydrogen-bond donors (Lipinski definition) is 1. The van der Waals surface area contributed by atoms with Crippen LogP contribution in [-0.4, -0.2) is 45.3 Å². The van der Waals surface area contributed by atoms with Crippen molar-refractivity contribution in [2.45, 2.75) is 44.6 Å². The summed E-state index contributed by atoms with van der Waals surface area (Å²) >= 11 is 6.51. The van der Waals surface area contributed by atoms with Gasteiger partial charge in [-0.1, -0.05) is 36.5 Å². The number of fused-ring (bicyclic) bond motifs is 3. The van der Waals surface area contributed by atoms with Gasteiger partial charge in [0.15, 0.2) is 0 Å². The Morgan fingerprint density at radius 2 is 2.22 bits per heavy atom. The molecule has 4 rings (SSSR count). The lowest BCUT2D eigenvalue weighted by molar-refractivity contribution is -0.137. The second-order valence-corrected chi connectivity index (χ2v) is 8.86. The first kappa shape index (κ1) is 18.5. The van der Waals surface area contributed by atoms with Gasteiger partial charge >= 0.3 is 5.97 Å². The fourth-order valence-corrected chi connectivity index (χ4v) is 5.84. The molecule has 5 nitrogen and oxygen atoms in total. The largest absolute Gasteiger partial charge is 0.481 e. The van der Waals surface area contributed by atoms with Crippen molar-refractivity contribution < 1.29 is 14.7 Å². The number of carboxylic acid groups (broad SMARTS) is 1. The SMILES string of the molecule is CCN1c2ccc(/C=C3\SC(=S)N(CCC(=O)O)C3=O)cc2C2CCCC21. The minimum atomic E-state index is -0.932. The van der Waals surface area contributed by atoms with Gasteiger partial charge in [0.2, 0.25) is 0 Å². The van der Waals surface area contributed by atoms with Gasteiger partial charge in [-0.15, -0.1) is 0 Å². The van der Waals surface area contributed by atoms with E-state index < -0.39 is 5.97 Å². The van der Waals surface area contributed by atoms with E-state index in [1.165, 1.54) is 47.2 Å². The van der Waals surface area contributed by atoms with E-state index in [0.717, 1.165) is 12.1 Å². The normalized spacial score (nSPS) is 25.4. The molecule has 1 aromatic carbocycles. The van der Waals surface area contributed by atoms with Crippen molar-refractivity contribution in [2.24, 2.45) is 0 Å². The lowest BCUT2D eigenvalue weighted by Crippen LogP contribution is -2.30. The molecule has 2 heterocycles. The Balaban J connectivity index is 1.59. The number of carboxylic acids is 1. The average Bonchev–Trinajstić information content (AvgIpc) is 3.28. The minimum absolute atomic E-state index is 0.103. The summed E-state index contributed by atoms with van der Waals surface area (Å²) in [5, 5.41) is 8.85. The first-order valence-electron chi connectivity index (χ1n) is 9.37. The topological polar surface area (TPSA) is 60.9 Å². The van der Waals surface area contributed by atoms with Crippen LogP contribution in [0.5, 0.6) is 0 Å². The molecule has 7 heteroatoms. The van der Waals surface area contributed by atoms with Crippen molar-refractivity contribution >= 4 is 51.9 Å². The van der Waals surface area contributed by atoms with Crippen molar-refractivity contribution in [1.29, 1.82) is 0 Å². The molecule has 2 atom stereocenters. The van der Waals surface area contributed by atoms with E-state index in [1.54, 1.807) is 0 Å². The number of likely N-dealkylation sites (N-methyl/N-ethyl adjacent to an activating group) is 1. The molecule has 2 fully saturated rings. The van der Waals surface area contributed by atoms with E-state index in [-0.39, 0.29) is 18.9 Å². The molecular formula is C20H22N2O3S2. The molecule has 1 aliphatic carbocycles. The van der Waals surface area contributed by atoms with Crippen LogP contribution in [0.3, 0.4) is 0 Å². The maximum atomic E-state index is 12.6. The van der Waals surface area contributed by atoms with Crippen LogP contribution in [0.1, 0.15) is 49.7 Å². The van der Waals surface area contributed by atoms with Crippen LogP contribution in [0.4, 0.5) is 5.69 Å². The first-order chi connectivity index (χ1) is 13.0. The second kappa shape index (κ2) is 7.28. The van der Waals surface area contributed by atoms with E-state index in [4.69, 9.17) is 17.3 Å². The van der Waals surface area contributed by atoms with Gasteiger partial charge < -0.3 is 10.0 Å². The second-order valence-electron chi connectivity index (χ2n) is 7.19. The summed E-state index contributed by atoms with van der Waals surface area (Å²) in [7, 11) is 0. The maximum Gasteiger partial charge on any atom is 0.305 e. The highest BCUT2D eigenvalue weighted by Gasteiger charge is 2.40. The number of rotatable bonds is 5. The van der Waals surface area contributed by atoms with Crippen LogP contribution < -0.4 is 4.90 Å². The summed E-state index contributed by atoms with van der Waals surface area (Å²) in [5.74, 6) is -0.530. The molecule has 2 aliphatic heterocycles. The summed E-state index contributed by atoms with van der Waals surface area (Å²) in [4.78, 5) is 27.9. The molecule has 0 radical (unpaired) electrons. The molecule has 27 heavy (non-hydrogen) atoms. The van der Waals surface area contributed by atoms with Gasteiger partial charge in [0.25, 0.3) is 5.91 Å². The van der Waals surface area contributed by atoms with Crippen LogP contribution in [0.2, 0.25) is 0 Å². The molecule has 1 amide bonds. The lowest BCUT2D eigenvalue weighted by Gasteiger charge is -2.25. The molecule has 1 N–H and O–H groups in total. The molecule has 0 bridgehead atoms. The van der Waals surface area contributed by atoms with E-state index in [0.29, 0.717) is 21.2 Å². The number of benzene rings is 1. The van der Waals surface area contributed by atoms with Gasteiger partial charge in [0.05, 0.1) is 11.3 Å². The fraction of sp³-hybridized carbons (Fsp3) is 0.450. The zero-order valence-corrected chi connectivity index (χ0v) is 16.8. The van der Waals surface area contributed by atoms with Crippen molar-refractivity contribution in [3.05, 3.63) is 34.2 Å². The van der Waals surface area contributed by atoms with Crippen molar-refractivity contribution in [3.8, 4) is 0 Å². The molecular weight excluding hydrogens is 380 g/mol. The van der Waals surface area contributed by atoms with E-state index in [2.05, 4.69) is 30.0 Å². The van der Waals surface area contributed by atoms with Gasteiger partial charge in [0, 0.05) is 30.7 Å². The highest BCUT2D eigenvalue weighted by molar-refractivity contribution is 8.26. The summed E-state index contributed by atoms with van der Waals surface area (Å²) < 4.78 is 0.432. The summed E-state index contributed by atoms with van der Waals surface area (Å²) in [5.41, 5.74) is 3.74.